The quantitative estimate of drug-likeness (QED) is 0.749. The van der Waals surface area contributed by atoms with Crippen molar-refractivity contribution in [3.05, 3.63) is 29.8 Å². The van der Waals surface area contributed by atoms with Gasteiger partial charge in [0, 0.05) is 17.6 Å². The number of anilines is 1. The van der Waals surface area contributed by atoms with Crippen molar-refractivity contribution in [3.63, 3.8) is 0 Å². The molecule has 0 saturated heterocycles. The molecule has 1 aromatic rings. The molecule has 0 fully saturated rings. The smallest absolute Gasteiger partial charge is 0.243 e. The molecule has 116 valence electrons. The van der Waals surface area contributed by atoms with Gasteiger partial charge in [-0.1, -0.05) is 45.9 Å². The van der Waals surface area contributed by atoms with E-state index in [1.807, 2.05) is 52.0 Å². The predicted molar refractivity (Wildman–Crippen MR) is 84.9 cm³/mol. The number of benzene rings is 1. The van der Waals surface area contributed by atoms with E-state index in [1.54, 1.807) is 0 Å². The Morgan fingerprint density at radius 3 is 2.43 bits per heavy atom. The Kier molecular flexibility index (Phi) is 6.37. The minimum Gasteiger partial charge on any atom is -0.347 e. The number of hydrogen-bond acceptors (Lipinski definition) is 3. The maximum absolute atomic E-state index is 11.9. The highest BCUT2D eigenvalue weighted by molar-refractivity contribution is 5.95. The average Bonchev–Trinajstić information content (AvgIpc) is 2.42. The molecule has 0 heterocycles. The van der Waals surface area contributed by atoms with E-state index >= 15 is 0 Å². The number of nitrogens with one attached hydrogen (secondary N) is 3. The molecule has 1 aromatic carbocycles. The van der Waals surface area contributed by atoms with Crippen LogP contribution < -0.4 is 16.0 Å². The standard InChI is InChI=1S/C16H25N3O2/c1-5-17-10-12-8-6-7-9-13(12)19-14(20)11-18-15(21)16(2,3)4/h6-9,17H,5,10-11H2,1-4H3,(H,18,21)(H,19,20). The topological polar surface area (TPSA) is 70.2 Å². The lowest BCUT2D eigenvalue weighted by Crippen LogP contribution is -2.39. The first-order valence-electron chi connectivity index (χ1n) is 7.21. The second-order valence-corrected chi connectivity index (χ2v) is 5.92. The second kappa shape index (κ2) is 7.78. The summed E-state index contributed by atoms with van der Waals surface area (Å²) in [4.78, 5) is 23.7. The molecule has 0 radical (unpaired) electrons. The molecule has 0 aliphatic heterocycles. The Hall–Kier alpha value is -1.88. The molecule has 0 aliphatic rings. The van der Waals surface area contributed by atoms with Crippen LogP contribution in [-0.4, -0.2) is 24.9 Å². The van der Waals surface area contributed by atoms with Gasteiger partial charge < -0.3 is 16.0 Å². The maximum atomic E-state index is 11.9. The maximum Gasteiger partial charge on any atom is 0.243 e. The SMILES string of the molecule is CCNCc1ccccc1NC(=O)CNC(=O)C(C)(C)C. The molecule has 21 heavy (non-hydrogen) atoms. The fraction of sp³-hybridized carbons (Fsp3) is 0.500. The van der Waals surface area contributed by atoms with Gasteiger partial charge in [0.2, 0.25) is 11.8 Å². The van der Waals surface area contributed by atoms with Crippen LogP contribution >= 0.6 is 0 Å². The fourth-order valence-electron chi connectivity index (χ4n) is 1.68. The predicted octanol–water partition coefficient (Wildman–Crippen LogP) is 1.90. The summed E-state index contributed by atoms with van der Waals surface area (Å²) in [6.45, 7) is 9.00. The van der Waals surface area contributed by atoms with Crippen molar-refractivity contribution in [3.8, 4) is 0 Å². The Bertz CT molecular complexity index is 493. The molecule has 1 rings (SSSR count). The van der Waals surface area contributed by atoms with Crippen LogP contribution in [0.5, 0.6) is 0 Å². The van der Waals surface area contributed by atoms with Crippen molar-refractivity contribution in [1.82, 2.24) is 10.6 Å². The van der Waals surface area contributed by atoms with Crippen molar-refractivity contribution in [2.75, 3.05) is 18.4 Å². The van der Waals surface area contributed by atoms with Gasteiger partial charge in [-0.05, 0) is 18.2 Å². The van der Waals surface area contributed by atoms with Crippen LogP contribution in [-0.2, 0) is 16.1 Å². The van der Waals surface area contributed by atoms with Gasteiger partial charge >= 0.3 is 0 Å². The largest absolute Gasteiger partial charge is 0.347 e. The highest BCUT2D eigenvalue weighted by Gasteiger charge is 2.21. The van der Waals surface area contributed by atoms with Crippen LogP contribution in [0.2, 0.25) is 0 Å². The van der Waals surface area contributed by atoms with E-state index in [-0.39, 0.29) is 18.4 Å². The molecule has 3 N–H and O–H groups in total. The minimum atomic E-state index is -0.497. The van der Waals surface area contributed by atoms with Crippen molar-refractivity contribution in [2.45, 2.75) is 34.2 Å². The fourth-order valence-corrected chi connectivity index (χ4v) is 1.68. The van der Waals surface area contributed by atoms with Gasteiger partial charge in [-0.25, -0.2) is 0 Å². The molecule has 5 nitrogen and oxygen atoms in total. The van der Waals surface area contributed by atoms with Crippen molar-refractivity contribution >= 4 is 17.5 Å². The molecular weight excluding hydrogens is 266 g/mol. The Morgan fingerprint density at radius 1 is 1.14 bits per heavy atom. The number of rotatable bonds is 6. The highest BCUT2D eigenvalue weighted by atomic mass is 16.2. The molecule has 2 amide bonds. The van der Waals surface area contributed by atoms with Crippen LogP contribution in [0.15, 0.2) is 24.3 Å². The summed E-state index contributed by atoms with van der Waals surface area (Å²) in [6, 6.07) is 7.63. The van der Waals surface area contributed by atoms with Gasteiger partial charge in [-0.3, -0.25) is 9.59 Å². The molecule has 0 bridgehead atoms. The zero-order chi connectivity index (χ0) is 15.9. The molecule has 0 aliphatic carbocycles. The monoisotopic (exact) mass is 291 g/mol. The van der Waals surface area contributed by atoms with E-state index in [0.29, 0.717) is 6.54 Å². The first kappa shape index (κ1) is 17.2. The third-order valence-electron chi connectivity index (χ3n) is 2.95. The number of carbonyl (C=O) groups is 2. The number of hydrogen-bond donors (Lipinski definition) is 3. The molecular formula is C16H25N3O2. The second-order valence-electron chi connectivity index (χ2n) is 5.92. The highest BCUT2D eigenvalue weighted by Crippen LogP contribution is 2.15. The van der Waals surface area contributed by atoms with E-state index < -0.39 is 5.41 Å². The van der Waals surface area contributed by atoms with E-state index in [4.69, 9.17) is 0 Å². The normalized spacial score (nSPS) is 11.0. The van der Waals surface area contributed by atoms with E-state index in [1.165, 1.54) is 0 Å². The van der Waals surface area contributed by atoms with E-state index in [0.717, 1.165) is 17.8 Å². The summed E-state index contributed by atoms with van der Waals surface area (Å²) in [5, 5.41) is 8.70. The first-order valence-corrected chi connectivity index (χ1v) is 7.21. The van der Waals surface area contributed by atoms with Crippen LogP contribution in [0.4, 0.5) is 5.69 Å². The molecule has 5 heteroatoms. The molecule has 0 spiro atoms. The lowest BCUT2D eigenvalue weighted by atomic mass is 9.96. The average molecular weight is 291 g/mol. The van der Waals surface area contributed by atoms with E-state index in [9.17, 15) is 9.59 Å². The van der Waals surface area contributed by atoms with Crippen molar-refractivity contribution in [1.29, 1.82) is 0 Å². The van der Waals surface area contributed by atoms with Crippen LogP contribution in [0, 0.1) is 5.41 Å². The van der Waals surface area contributed by atoms with Gasteiger partial charge in [-0.15, -0.1) is 0 Å². The number of carbonyl (C=O) groups excluding carboxylic acids is 2. The third-order valence-corrected chi connectivity index (χ3v) is 2.95. The molecule has 0 atom stereocenters. The summed E-state index contributed by atoms with van der Waals surface area (Å²) in [6.07, 6.45) is 0. The van der Waals surface area contributed by atoms with Crippen molar-refractivity contribution in [2.24, 2.45) is 5.41 Å². The van der Waals surface area contributed by atoms with Gasteiger partial charge in [0.25, 0.3) is 0 Å². The molecule has 0 aromatic heterocycles. The summed E-state index contributed by atoms with van der Waals surface area (Å²) in [5.41, 5.74) is 1.30. The summed E-state index contributed by atoms with van der Waals surface area (Å²) in [5.74, 6) is -0.366. The minimum absolute atomic E-state index is 0.0222. The zero-order valence-corrected chi connectivity index (χ0v) is 13.2. The number of amides is 2. The zero-order valence-electron chi connectivity index (χ0n) is 13.2. The summed E-state index contributed by atoms with van der Waals surface area (Å²) < 4.78 is 0. The van der Waals surface area contributed by atoms with Crippen molar-refractivity contribution < 1.29 is 9.59 Å². The van der Waals surface area contributed by atoms with Gasteiger partial charge in [0.1, 0.15) is 0 Å². The Balaban J connectivity index is 2.57. The van der Waals surface area contributed by atoms with Gasteiger partial charge in [-0.2, -0.15) is 0 Å². The Morgan fingerprint density at radius 2 is 1.81 bits per heavy atom. The summed E-state index contributed by atoms with van der Waals surface area (Å²) >= 11 is 0. The van der Waals surface area contributed by atoms with Gasteiger partial charge in [0.05, 0.1) is 6.54 Å². The lowest BCUT2D eigenvalue weighted by Gasteiger charge is -2.17. The first-order chi connectivity index (χ1) is 9.84. The Labute approximate surface area is 126 Å². The third kappa shape index (κ3) is 5.95. The van der Waals surface area contributed by atoms with Crippen LogP contribution in [0.3, 0.4) is 0 Å². The lowest BCUT2D eigenvalue weighted by molar-refractivity contribution is -0.130. The number of para-hydroxylation sites is 1. The molecule has 0 saturated carbocycles. The molecule has 0 unspecified atom stereocenters. The van der Waals surface area contributed by atoms with Gasteiger partial charge in [0.15, 0.2) is 0 Å². The summed E-state index contributed by atoms with van der Waals surface area (Å²) in [7, 11) is 0. The van der Waals surface area contributed by atoms with E-state index in [2.05, 4.69) is 16.0 Å². The van der Waals surface area contributed by atoms with Crippen LogP contribution in [0.1, 0.15) is 33.3 Å². The van der Waals surface area contributed by atoms with Crippen LogP contribution in [0.25, 0.3) is 0 Å².